The average molecular weight is 267 g/mol. The van der Waals surface area contributed by atoms with E-state index in [0.717, 1.165) is 24.3 Å². The Kier molecular flexibility index (Phi) is 3.56. The summed E-state index contributed by atoms with van der Waals surface area (Å²) in [6.45, 7) is 5.24. The predicted molar refractivity (Wildman–Crippen MR) is 69.7 cm³/mol. The molecule has 3 atom stereocenters. The van der Waals surface area contributed by atoms with Gasteiger partial charge in [-0.25, -0.2) is 9.59 Å². The van der Waals surface area contributed by atoms with Crippen molar-refractivity contribution in [2.45, 2.75) is 51.7 Å². The molecule has 1 amide bonds. The Morgan fingerprint density at radius 2 is 2.11 bits per heavy atom. The van der Waals surface area contributed by atoms with Crippen molar-refractivity contribution in [1.82, 2.24) is 5.32 Å². The molecule has 106 valence electrons. The minimum absolute atomic E-state index is 0.613. The van der Waals surface area contributed by atoms with Gasteiger partial charge >= 0.3 is 12.1 Å². The van der Waals surface area contributed by atoms with E-state index in [2.05, 4.69) is 5.32 Å². The zero-order valence-corrected chi connectivity index (χ0v) is 11.6. The first-order valence-corrected chi connectivity index (χ1v) is 6.67. The second-order valence-electron chi connectivity index (χ2n) is 6.39. The van der Waals surface area contributed by atoms with E-state index in [4.69, 9.17) is 4.74 Å². The topological polar surface area (TPSA) is 75.6 Å². The lowest BCUT2D eigenvalue weighted by Gasteiger charge is -2.24. The lowest BCUT2D eigenvalue weighted by Crippen LogP contribution is -2.44. The van der Waals surface area contributed by atoms with Crippen LogP contribution in [0.5, 0.6) is 0 Å². The second kappa shape index (κ2) is 4.87. The van der Waals surface area contributed by atoms with E-state index in [9.17, 15) is 14.7 Å². The molecule has 5 heteroatoms. The van der Waals surface area contributed by atoms with Crippen LogP contribution in [0.1, 0.15) is 40.0 Å². The first-order valence-electron chi connectivity index (χ1n) is 6.67. The molecule has 2 aliphatic rings. The monoisotopic (exact) mass is 267 g/mol. The van der Waals surface area contributed by atoms with Crippen LogP contribution in [-0.4, -0.2) is 28.8 Å². The van der Waals surface area contributed by atoms with Crippen LogP contribution < -0.4 is 5.32 Å². The number of fused-ring (bicyclic) bond motifs is 1. The Balaban J connectivity index is 1.98. The van der Waals surface area contributed by atoms with Crippen LogP contribution in [0.2, 0.25) is 0 Å². The molecule has 1 saturated carbocycles. The lowest BCUT2D eigenvalue weighted by atomic mass is 9.94. The summed E-state index contributed by atoms with van der Waals surface area (Å²) in [7, 11) is 0. The molecule has 0 bridgehead atoms. The third-order valence-electron chi connectivity index (χ3n) is 3.53. The molecule has 0 radical (unpaired) electrons. The Hall–Kier alpha value is -1.52. The van der Waals surface area contributed by atoms with Crippen molar-refractivity contribution in [1.29, 1.82) is 0 Å². The van der Waals surface area contributed by atoms with E-state index in [0.29, 0.717) is 5.92 Å². The number of ether oxygens (including phenoxy) is 1. The van der Waals surface area contributed by atoms with Crippen molar-refractivity contribution in [3.63, 3.8) is 0 Å². The van der Waals surface area contributed by atoms with E-state index in [1.54, 1.807) is 20.8 Å². The Morgan fingerprint density at radius 1 is 1.42 bits per heavy atom. The number of hydrogen-bond donors (Lipinski definition) is 2. The van der Waals surface area contributed by atoms with E-state index in [-0.39, 0.29) is 0 Å². The van der Waals surface area contributed by atoms with Crippen LogP contribution in [0.25, 0.3) is 0 Å². The fourth-order valence-electron chi connectivity index (χ4n) is 2.51. The summed E-state index contributed by atoms with van der Waals surface area (Å²) < 4.78 is 5.11. The molecule has 0 aromatic heterocycles. The largest absolute Gasteiger partial charge is 0.479 e. The Labute approximate surface area is 113 Å². The maximum Gasteiger partial charge on any atom is 0.408 e. The van der Waals surface area contributed by atoms with Crippen molar-refractivity contribution in [2.75, 3.05) is 0 Å². The molecule has 0 spiro atoms. The van der Waals surface area contributed by atoms with Gasteiger partial charge in [-0.05, 0) is 57.4 Å². The van der Waals surface area contributed by atoms with Crippen molar-refractivity contribution >= 4 is 12.1 Å². The number of carboxylic acids is 1. The van der Waals surface area contributed by atoms with E-state index < -0.39 is 23.7 Å². The van der Waals surface area contributed by atoms with E-state index >= 15 is 0 Å². The summed E-state index contributed by atoms with van der Waals surface area (Å²) in [5.41, 5.74) is 0.174. The van der Waals surface area contributed by atoms with Gasteiger partial charge in [0.15, 0.2) is 6.04 Å². The highest BCUT2D eigenvalue weighted by molar-refractivity contribution is 5.83. The number of alkyl carbamates (subject to hydrolysis) is 1. The van der Waals surface area contributed by atoms with Crippen LogP contribution in [0.15, 0.2) is 11.6 Å². The van der Waals surface area contributed by atoms with Gasteiger partial charge < -0.3 is 15.2 Å². The highest BCUT2D eigenvalue weighted by Gasteiger charge is 2.41. The van der Waals surface area contributed by atoms with Crippen molar-refractivity contribution in [3.05, 3.63) is 11.6 Å². The summed E-state index contributed by atoms with van der Waals surface area (Å²) >= 11 is 0. The third kappa shape index (κ3) is 3.72. The first-order chi connectivity index (χ1) is 8.76. The molecule has 2 unspecified atom stereocenters. The van der Waals surface area contributed by atoms with Gasteiger partial charge in [0, 0.05) is 0 Å². The zero-order valence-electron chi connectivity index (χ0n) is 11.6. The van der Waals surface area contributed by atoms with Crippen molar-refractivity contribution in [2.24, 2.45) is 11.8 Å². The Morgan fingerprint density at radius 3 is 2.63 bits per heavy atom. The van der Waals surface area contributed by atoms with Crippen LogP contribution in [-0.2, 0) is 9.53 Å². The maximum atomic E-state index is 11.7. The second-order valence-corrected chi connectivity index (χ2v) is 6.39. The van der Waals surface area contributed by atoms with Crippen LogP contribution in [0, 0.1) is 11.8 Å². The highest BCUT2D eigenvalue weighted by Crippen LogP contribution is 2.49. The highest BCUT2D eigenvalue weighted by atomic mass is 16.6. The molecule has 19 heavy (non-hydrogen) atoms. The summed E-state index contributed by atoms with van der Waals surface area (Å²) in [6.07, 6.45) is 4.17. The van der Waals surface area contributed by atoms with Gasteiger partial charge in [0.05, 0.1) is 0 Å². The fourth-order valence-corrected chi connectivity index (χ4v) is 2.51. The smallest absolute Gasteiger partial charge is 0.408 e. The minimum atomic E-state index is -1.03. The summed E-state index contributed by atoms with van der Waals surface area (Å²) in [5, 5.41) is 11.7. The molecule has 0 aromatic rings. The number of rotatable bonds is 3. The molecule has 0 heterocycles. The summed E-state index contributed by atoms with van der Waals surface area (Å²) in [5.74, 6) is 0.318. The van der Waals surface area contributed by atoms with Gasteiger partial charge in [-0.15, -0.1) is 0 Å². The van der Waals surface area contributed by atoms with Gasteiger partial charge in [0.2, 0.25) is 0 Å². The average Bonchev–Trinajstić information content (AvgIpc) is 3.00. The quantitative estimate of drug-likeness (QED) is 0.769. The molecule has 2 aliphatic carbocycles. The lowest BCUT2D eigenvalue weighted by molar-refractivity contribution is -0.138. The van der Waals surface area contributed by atoms with Crippen LogP contribution in [0.4, 0.5) is 4.79 Å². The molecule has 0 aromatic carbocycles. The molecular weight excluding hydrogens is 246 g/mol. The van der Waals surface area contributed by atoms with Gasteiger partial charge in [0.1, 0.15) is 5.60 Å². The maximum absolute atomic E-state index is 11.7. The third-order valence-corrected chi connectivity index (χ3v) is 3.53. The molecule has 5 nitrogen and oxygen atoms in total. The van der Waals surface area contributed by atoms with Crippen molar-refractivity contribution in [3.8, 4) is 0 Å². The van der Waals surface area contributed by atoms with Crippen LogP contribution in [0.3, 0.4) is 0 Å². The number of amides is 1. The molecule has 1 fully saturated rings. The number of carbonyl (C=O) groups is 2. The van der Waals surface area contributed by atoms with Gasteiger partial charge in [-0.2, -0.15) is 0 Å². The Bertz CT molecular complexity index is 422. The molecular formula is C14H21NO4. The number of carboxylic acid groups (broad SMARTS) is 1. The van der Waals surface area contributed by atoms with E-state index in [1.165, 1.54) is 6.42 Å². The molecule has 2 N–H and O–H groups in total. The number of carbonyl (C=O) groups excluding carboxylic acids is 1. The number of allylic oxidation sites excluding steroid dienone is 1. The fraction of sp³-hybridized carbons (Fsp3) is 0.714. The molecule has 0 aliphatic heterocycles. The number of hydrogen-bond acceptors (Lipinski definition) is 3. The van der Waals surface area contributed by atoms with E-state index in [1.807, 2.05) is 6.08 Å². The van der Waals surface area contributed by atoms with Gasteiger partial charge in [-0.1, -0.05) is 6.08 Å². The molecule has 2 rings (SSSR count). The normalized spacial score (nSPS) is 26.8. The summed E-state index contributed by atoms with van der Waals surface area (Å²) in [6, 6.07) is -0.962. The van der Waals surface area contributed by atoms with Gasteiger partial charge in [-0.3, -0.25) is 0 Å². The first kappa shape index (κ1) is 13.9. The van der Waals surface area contributed by atoms with Crippen molar-refractivity contribution < 1.29 is 19.4 Å². The standard InChI is InChI=1S/C14H21NO4/c1-14(2,3)19-13(18)15-11(12(16)17)9-5-4-8-6-10(8)7-9/h5,8,10-11H,4,6-7H2,1-3H3,(H,15,18)(H,16,17)/t8?,10?,11-/m1/s1. The SMILES string of the molecule is CC(C)(C)OC(=O)N[C@@H](C(=O)O)C1=CCC2CC2C1. The number of aliphatic carboxylic acids is 1. The predicted octanol–water partition coefficient (Wildman–Crippen LogP) is 2.32. The number of nitrogens with one attached hydrogen (secondary N) is 1. The summed E-state index contributed by atoms with van der Waals surface area (Å²) in [4.78, 5) is 23.0. The minimum Gasteiger partial charge on any atom is -0.479 e. The van der Waals surface area contributed by atoms with Crippen LogP contribution >= 0.6 is 0 Å². The zero-order chi connectivity index (χ0) is 14.2. The molecule has 0 saturated heterocycles. The van der Waals surface area contributed by atoms with Gasteiger partial charge in [0.25, 0.3) is 0 Å².